The number of phenolic OH excluding ortho intramolecular Hbond substituents is 2. The van der Waals surface area contributed by atoms with Crippen molar-refractivity contribution in [3.63, 3.8) is 0 Å². The van der Waals surface area contributed by atoms with Gasteiger partial charge in [-0.15, -0.1) is 0 Å². The van der Waals surface area contributed by atoms with E-state index in [4.69, 9.17) is 29.8 Å². The Balaban J connectivity index is 1.50. The average Bonchev–Trinajstić information content (AvgIpc) is 3.03. The Morgan fingerprint density at radius 3 is 2.57 bits per heavy atom. The number of rotatable bonds is 17. The summed E-state index contributed by atoms with van der Waals surface area (Å²) in [7, 11) is 1.43. The molecule has 0 saturated carbocycles. The third kappa shape index (κ3) is 10.1. The van der Waals surface area contributed by atoms with E-state index in [0.29, 0.717) is 50.0 Å². The van der Waals surface area contributed by atoms with E-state index in [1.165, 1.54) is 13.2 Å². The van der Waals surface area contributed by atoms with Crippen molar-refractivity contribution >= 4 is 11.8 Å². The molecule has 2 aromatic carbocycles. The monoisotopic (exact) mass is 655 g/mol. The molecule has 5 atom stereocenters. The normalized spacial score (nSPS) is 19.1. The quantitative estimate of drug-likeness (QED) is 0.104. The number of carboxylic acid groups (broad SMARTS) is 1. The molecular formula is C34H45N3O10. The van der Waals surface area contributed by atoms with E-state index in [1.807, 2.05) is 6.92 Å². The number of aliphatic hydroxyl groups excluding tert-OH is 2. The van der Waals surface area contributed by atoms with Crippen LogP contribution in [-0.4, -0.2) is 81.8 Å². The number of nitrogen functional groups attached to an aromatic ring is 1. The number of likely N-dealkylation sites (N-methyl/N-ethyl adjacent to an activating group) is 1. The summed E-state index contributed by atoms with van der Waals surface area (Å²) in [6.45, 7) is 1.98. The molecule has 13 nitrogen and oxygen atoms in total. The van der Waals surface area contributed by atoms with Gasteiger partial charge in [-0.3, -0.25) is 4.79 Å². The number of carbonyl (C=O) groups is 1. The van der Waals surface area contributed by atoms with Crippen LogP contribution < -0.4 is 25.3 Å². The van der Waals surface area contributed by atoms with Crippen LogP contribution in [0.25, 0.3) is 0 Å². The fourth-order valence-electron chi connectivity index (χ4n) is 5.98. The highest BCUT2D eigenvalue weighted by Crippen LogP contribution is 2.43. The van der Waals surface area contributed by atoms with E-state index in [0.717, 1.165) is 11.1 Å². The van der Waals surface area contributed by atoms with Gasteiger partial charge in [0, 0.05) is 18.7 Å². The van der Waals surface area contributed by atoms with Crippen LogP contribution in [0.2, 0.25) is 0 Å². The van der Waals surface area contributed by atoms with Crippen LogP contribution in [0.3, 0.4) is 0 Å². The number of anilines is 1. The van der Waals surface area contributed by atoms with E-state index in [-0.39, 0.29) is 59.8 Å². The van der Waals surface area contributed by atoms with E-state index in [1.54, 1.807) is 42.6 Å². The number of pyridine rings is 1. The summed E-state index contributed by atoms with van der Waals surface area (Å²) in [5.41, 5.74) is 8.23. The van der Waals surface area contributed by atoms with Crippen molar-refractivity contribution in [2.24, 2.45) is 5.92 Å². The first kappa shape index (κ1) is 35.6. The molecule has 0 radical (unpaired) electrons. The predicted molar refractivity (Wildman–Crippen MR) is 173 cm³/mol. The lowest BCUT2D eigenvalue weighted by Crippen LogP contribution is -2.42. The third-order valence-corrected chi connectivity index (χ3v) is 8.27. The molecule has 0 aliphatic carbocycles. The molecule has 0 spiro atoms. The van der Waals surface area contributed by atoms with Gasteiger partial charge in [0.2, 0.25) is 5.75 Å². The second kappa shape index (κ2) is 17.0. The fraction of sp³-hybridized carbons (Fsp3) is 0.471. The minimum atomic E-state index is -0.946. The standard InChI is InChI=1S/C34H45N3O10/c1-3-36-26(22(15-33(41)42)10-21-8-9-37-32(35)12-21)18-45-31-14-23(13-30(44-2)34(31)43)28-17-24(39)16-25(47-28)6-4-20-5-7-27(40)29(11-20)46-19-38/h5,7-9,11-14,22,24-26,28,36,38-40,43H,3-4,6,10,15-19H2,1-2H3,(H2,35,37)(H,41,42). The van der Waals surface area contributed by atoms with Crippen molar-refractivity contribution in [1.29, 1.82) is 0 Å². The highest BCUT2D eigenvalue weighted by Gasteiger charge is 2.31. The number of ether oxygens (including phenoxy) is 4. The summed E-state index contributed by atoms with van der Waals surface area (Å²) in [6, 6.07) is 11.4. The van der Waals surface area contributed by atoms with Crippen molar-refractivity contribution in [2.75, 3.05) is 32.8 Å². The zero-order valence-electron chi connectivity index (χ0n) is 26.7. The van der Waals surface area contributed by atoms with Crippen molar-refractivity contribution in [2.45, 2.75) is 69.8 Å². The minimum Gasteiger partial charge on any atom is -0.504 e. The third-order valence-electron chi connectivity index (χ3n) is 8.27. The SMILES string of the molecule is CCNC(COc1cc(C2CC(O)CC(CCc3ccc(O)c(OCO)c3)O2)cc(OC)c1O)C(CC(=O)O)Cc1ccnc(N)c1. The number of hydrogen-bond donors (Lipinski definition) is 7. The fourth-order valence-corrected chi connectivity index (χ4v) is 5.98. The maximum Gasteiger partial charge on any atom is 0.303 e. The molecule has 256 valence electrons. The smallest absolute Gasteiger partial charge is 0.303 e. The lowest BCUT2D eigenvalue weighted by atomic mass is 9.89. The van der Waals surface area contributed by atoms with Crippen LogP contribution in [-0.2, 0) is 22.4 Å². The average molecular weight is 656 g/mol. The number of aliphatic hydroxyl groups is 2. The number of aromatic hydroxyl groups is 2. The number of aryl methyl sites for hydroxylation is 1. The van der Waals surface area contributed by atoms with Gasteiger partial charge in [-0.05, 0) is 91.2 Å². The second-order valence-electron chi connectivity index (χ2n) is 11.7. The van der Waals surface area contributed by atoms with Crippen molar-refractivity contribution in [3.8, 4) is 28.7 Å². The van der Waals surface area contributed by atoms with Crippen LogP contribution in [0.5, 0.6) is 28.7 Å². The summed E-state index contributed by atoms with van der Waals surface area (Å²) in [5, 5.41) is 53.8. The van der Waals surface area contributed by atoms with Crippen LogP contribution in [0, 0.1) is 5.92 Å². The van der Waals surface area contributed by atoms with Crippen LogP contribution in [0.1, 0.15) is 55.4 Å². The van der Waals surface area contributed by atoms with Crippen LogP contribution in [0.15, 0.2) is 48.7 Å². The lowest BCUT2D eigenvalue weighted by molar-refractivity contribution is -0.138. The Morgan fingerprint density at radius 1 is 1.09 bits per heavy atom. The van der Waals surface area contributed by atoms with Gasteiger partial charge < -0.3 is 55.5 Å². The van der Waals surface area contributed by atoms with Gasteiger partial charge in [-0.1, -0.05) is 13.0 Å². The van der Waals surface area contributed by atoms with Gasteiger partial charge in [-0.2, -0.15) is 0 Å². The Bertz CT molecular complexity index is 1470. The Kier molecular flexibility index (Phi) is 12.9. The maximum atomic E-state index is 11.8. The summed E-state index contributed by atoms with van der Waals surface area (Å²) >= 11 is 0. The molecule has 1 aliphatic heterocycles. The van der Waals surface area contributed by atoms with Crippen molar-refractivity contribution in [1.82, 2.24) is 10.3 Å². The van der Waals surface area contributed by atoms with Crippen LogP contribution >= 0.6 is 0 Å². The van der Waals surface area contributed by atoms with E-state index >= 15 is 0 Å². The highest BCUT2D eigenvalue weighted by atomic mass is 16.6. The van der Waals surface area contributed by atoms with E-state index < -0.39 is 25.0 Å². The second-order valence-corrected chi connectivity index (χ2v) is 11.7. The summed E-state index contributed by atoms with van der Waals surface area (Å²) in [6.07, 6.45) is 2.37. The number of phenols is 2. The number of aromatic nitrogens is 1. The highest BCUT2D eigenvalue weighted by molar-refractivity contribution is 5.67. The van der Waals surface area contributed by atoms with Gasteiger partial charge in [-0.25, -0.2) is 4.98 Å². The molecule has 1 aromatic heterocycles. The zero-order valence-corrected chi connectivity index (χ0v) is 26.7. The first-order valence-electron chi connectivity index (χ1n) is 15.7. The first-order valence-corrected chi connectivity index (χ1v) is 15.7. The Labute approximate surface area is 273 Å². The number of nitrogens with one attached hydrogen (secondary N) is 1. The van der Waals surface area contributed by atoms with Gasteiger partial charge in [0.1, 0.15) is 12.4 Å². The molecule has 1 saturated heterocycles. The molecule has 1 fully saturated rings. The van der Waals surface area contributed by atoms with E-state index in [9.17, 15) is 25.2 Å². The van der Waals surface area contributed by atoms with Gasteiger partial charge in [0.15, 0.2) is 29.8 Å². The number of benzene rings is 2. The molecule has 1 aliphatic rings. The van der Waals surface area contributed by atoms with Gasteiger partial charge in [0.25, 0.3) is 0 Å². The minimum absolute atomic E-state index is 0.0535. The summed E-state index contributed by atoms with van der Waals surface area (Å²) in [5.74, 6) is -0.732. The molecule has 2 heterocycles. The lowest BCUT2D eigenvalue weighted by Gasteiger charge is -2.34. The zero-order chi connectivity index (χ0) is 33.9. The number of nitrogens with zero attached hydrogens (tertiary/aromatic N) is 1. The molecule has 0 bridgehead atoms. The summed E-state index contributed by atoms with van der Waals surface area (Å²) in [4.78, 5) is 15.8. The topological polar surface area (TPSA) is 206 Å². The summed E-state index contributed by atoms with van der Waals surface area (Å²) < 4.78 is 23.1. The van der Waals surface area contributed by atoms with E-state index in [2.05, 4.69) is 10.3 Å². The molecule has 13 heteroatoms. The number of hydrogen-bond acceptors (Lipinski definition) is 12. The first-order chi connectivity index (χ1) is 22.6. The molecule has 5 unspecified atom stereocenters. The molecule has 47 heavy (non-hydrogen) atoms. The number of aliphatic carboxylic acids is 1. The number of carboxylic acids is 1. The molecular weight excluding hydrogens is 610 g/mol. The largest absolute Gasteiger partial charge is 0.504 e. The molecule has 4 rings (SSSR count). The number of methoxy groups -OCH3 is 1. The maximum absolute atomic E-state index is 11.8. The molecule has 0 amide bonds. The molecule has 8 N–H and O–H groups in total. The molecule has 3 aromatic rings. The van der Waals surface area contributed by atoms with Gasteiger partial charge in [0.05, 0.1) is 31.8 Å². The Hall–Kier alpha value is -4.30. The van der Waals surface area contributed by atoms with Crippen molar-refractivity contribution in [3.05, 3.63) is 65.4 Å². The van der Waals surface area contributed by atoms with Crippen molar-refractivity contribution < 1.29 is 49.3 Å². The van der Waals surface area contributed by atoms with Gasteiger partial charge >= 0.3 is 5.97 Å². The number of nitrogens with two attached hydrogens (primary N) is 1. The predicted octanol–water partition coefficient (Wildman–Crippen LogP) is 3.32. The van der Waals surface area contributed by atoms with Crippen LogP contribution in [0.4, 0.5) is 5.82 Å². The Morgan fingerprint density at radius 2 is 1.87 bits per heavy atom.